The summed E-state index contributed by atoms with van der Waals surface area (Å²) in [6.45, 7) is 3.61. The van der Waals surface area contributed by atoms with Gasteiger partial charge in [0.15, 0.2) is 0 Å². The lowest BCUT2D eigenvalue weighted by Crippen LogP contribution is -2.17. The molecule has 0 bridgehead atoms. The number of para-hydroxylation sites is 1. The first-order chi connectivity index (χ1) is 18.2. The highest BCUT2D eigenvalue weighted by Gasteiger charge is 2.31. The van der Waals surface area contributed by atoms with Gasteiger partial charge in [-0.1, -0.05) is 25.1 Å². The quantitative estimate of drug-likeness (QED) is 0.271. The summed E-state index contributed by atoms with van der Waals surface area (Å²) in [7, 11) is 0. The van der Waals surface area contributed by atoms with E-state index in [-0.39, 0.29) is 11.9 Å². The van der Waals surface area contributed by atoms with E-state index in [0.29, 0.717) is 12.5 Å². The molecule has 6 rings (SSSR count). The van der Waals surface area contributed by atoms with E-state index in [1.165, 1.54) is 12.1 Å². The molecule has 1 aliphatic rings. The Balaban J connectivity index is 1.37. The topological polar surface area (TPSA) is 80.5 Å². The number of pyridine rings is 1. The van der Waals surface area contributed by atoms with Gasteiger partial charge in [0.2, 0.25) is 5.95 Å². The molecule has 1 atom stereocenters. The summed E-state index contributed by atoms with van der Waals surface area (Å²) >= 11 is 0. The van der Waals surface area contributed by atoms with Crippen LogP contribution in [0.3, 0.4) is 0 Å². The molecule has 0 aliphatic carbocycles. The van der Waals surface area contributed by atoms with E-state index in [1.54, 1.807) is 18.3 Å². The van der Waals surface area contributed by atoms with Gasteiger partial charge in [-0.3, -0.25) is 0 Å². The van der Waals surface area contributed by atoms with Crippen LogP contribution in [-0.2, 0) is 6.42 Å². The lowest BCUT2D eigenvalue weighted by Gasteiger charge is -2.19. The number of nitrogens with one attached hydrogen (secondary N) is 2. The molecular weight excluding hydrogens is 465 g/mol. The van der Waals surface area contributed by atoms with Crippen molar-refractivity contribution in [2.75, 3.05) is 23.7 Å². The number of fused-ring (bicyclic) bond motifs is 2. The minimum atomic E-state index is -0.268. The average Bonchev–Trinajstić information content (AvgIpc) is 3.51. The van der Waals surface area contributed by atoms with Crippen molar-refractivity contribution < 1.29 is 4.39 Å². The van der Waals surface area contributed by atoms with Crippen LogP contribution in [0.15, 0.2) is 72.9 Å². The maximum absolute atomic E-state index is 13.7. The van der Waals surface area contributed by atoms with Crippen LogP contribution in [0.5, 0.6) is 0 Å². The molecule has 186 valence electrons. The molecule has 3 aromatic heterocycles. The summed E-state index contributed by atoms with van der Waals surface area (Å²) in [5, 5.41) is 7.94. The fourth-order valence-corrected chi connectivity index (χ4v) is 4.92. The van der Waals surface area contributed by atoms with Crippen molar-refractivity contribution in [2.24, 2.45) is 0 Å². The fourth-order valence-electron chi connectivity index (χ4n) is 4.92. The zero-order chi connectivity index (χ0) is 25.2. The van der Waals surface area contributed by atoms with Crippen molar-refractivity contribution in [2.45, 2.75) is 32.2 Å². The van der Waals surface area contributed by atoms with Crippen LogP contribution in [-0.4, -0.2) is 37.6 Å². The van der Waals surface area contributed by atoms with Crippen LogP contribution < -0.4 is 10.6 Å². The number of aromatic nitrogens is 5. The average molecular weight is 494 g/mol. The second-order valence-corrected chi connectivity index (χ2v) is 9.26. The molecule has 0 saturated heterocycles. The third-order valence-electron chi connectivity index (χ3n) is 6.72. The predicted molar refractivity (Wildman–Crippen MR) is 145 cm³/mol. The van der Waals surface area contributed by atoms with Crippen molar-refractivity contribution in [3.05, 3.63) is 84.6 Å². The smallest absolute Gasteiger partial charge is 0.223 e. The second-order valence-electron chi connectivity index (χ2n) is 9.26. The molecule has 0 radical (unpaired) electrons. The van der Waals surface area contributed by atoms with Gasteiger partial charge in [0, 0.05) is 36.7 Å². The summed E-state index contributed by atoms with van der Waals surface area (Å²) in [6, 6.07) is 20.8. The van der Waals surface area contributed by atoms with E-state index in [9.17, 15) is 4.39 Å². The first-order valence-corrected chi connectivity index (χ1v) is 12.7. The number of benzene rings is 2. The van der Waals surface area contributed by atoms with E-state index in [4.69, 9.17) is 15.0 Å². The van der Waals surface area contributed by atoms with Crippen LogP contribution in [0, 0.1) is 5.82 Å². The largest absolute Gasteiger partial charge is 0.368 e. The van der Waals surface area contributed by atoms with Crippen molar-refractivity contribution in [1.82, 2.24) is 24.5 Å². The molecule has 8 heteroatoms. The van der Waals surface area contributed by atoms with Crippen molar-refractivity contribution in [3.63, 3.8) is 0 Å². The van der Waals surface area contributed by atoms with Crippen LogP contribution >= 0.6 is 0 Å². The first kappa shape index (κ1) is 23.1. The number of anilines is 2. The van der Waals surface area contributed by atoms with Crippen LogP contribution in [0.2, 0.25) is 0 Å². The minimum absolute atomic E-state index is 0.169. The van der Waals surface area contributed by atoms with Gasteiger partial charge in [0.25, 0.3) is 0 Å². The highest BCUT2D eigenvalue weighted by Crippen LogP contribution is 2.39. The molecule has 7 nitrogen and oxygen atoms in total. The zero-order valence-electron chi connectivity index (χ0n) is 20.7. The Bertz CT molecular complexity index is 1540. The van der Waals surface area contributed by atoms with Crippen LogP contribution in [0.4, 0.5) is 16.2 Å². The van der Waals surface area contributed by atoms with E-state index in [2.05, 4.69) is 39.2 Å². The minimum Gasteiger partial charge on any atom is -0.368 e. The molecule has 2 N–H and O–H groups in total. The monoisotopic (exact) mass is 493 g/mol. The maximum Gasteiger partial charge on any atom is 0.223 e. The van der Waals surface area contributed by atoms with Gasteiger partial charge in [-0.2, -0.15) is 0 Å². The van der Waals surface area contributed by atoms with Gasteiger partial charge in [0.1, 0.15) is 17.5 Å². The molecule has 0 amide bonds. The standard InChI is InChI=1S/C29H28FN7/c1-2-16-31-29-32-17-15-24(35-29)28-27(20-7-10-21(30)11-8-20)36-26-14-12-22(37(26)28)18-33-25-13-9-19-5-3-4-6-23(19)34-25/h3-11,13,15,17,22H,2,12,14,16,18H2,1H3,(H,33,34)(H,31,32,35). The van der Waals surface area contributed by atoms with Gasteiger partial charge >= 0.3 is 0 Å². The van der Waals surface area contributed by atoms with Crippen molar-refractivity contribution >= 4 is 22.7 Å². The predicted octanol–water partition coefficient (Wildman–Crippen LogP) is 6.12. The van der Waals surface area contributed by atoms with E-state index in [0.717, 1.165) is 71.0 Å². The fraction of sp³-hybridized carbons (Fsp3) is 0.241. The van der Waals surface area contributed by atoms with E-state index in [1.807, 2.05) is 30.3 Å². The van der Waals surface area contributed by atoms with Gasteiger partial charge in [-0.25, -0.2) is 24.3 Å². The molecule has 0 fully saturated rings. The van der Waals surface area contributed by atoms with Gasteiger partial charge in [-0.15, -0.1) is 0 Å². The Labute approximate surface area is 214 Å². The molecule has 5 aromatic rings. The molecule has 0 saturated carbocycles. The normalized spacial score (nSPS) is 14.6. The third kappa shape index (κ3) is 4.62. The van der Waals surface area contributed by atoms with E-state index < -0.39 is 0 Å². The Morgan fingerprint density at radius 2 is 1.81 bits per heavy atom. The molecule has 2 aromatic carbocycles. The Kier molecular flexibility index (Phi) is 6.22. The number of nitrogens with zero attached hydrogens (tertiary/aromatic N) is 5. The Morgan fingerprint density at radius 1 is 0.946 bits per heavy atom. The molecule has 4 heterocycles. The number of imidazole rings is 1. The zero-order valence-corrected chi connectivity index (χ0v) is 20.7. The first-order valence-electron chi connectivity index (χ1n) is 12.7. The van der Waals surface area contributed by atoms with Crippen LogP contribution in [0.25, 0.3) is 33.5 Å². The van der Waals surface area contributed by atoms with Crippen molar-refractivity contribution in [1.29, 1.82) is 0 Å². The molecule has 37 heavy (non-hydrogen) atoms. The van der Waals surface area contributed by atoms with Gasteiger partial charge in [-0.05, 0) is 61.4 Å². The van der Waals surface area contributed by atoms with E-state index >= 15 is 0 Å². The lowest BCUT2D eigenvalue weighted by molar-refractivity contribution is 0.558. The summed E-state index contributed by atoms with van der Waals surface area (Å²) in [5.41, 5.74) is 4.36. The molecule has 0 spiro atoms. The van der Waals surface area contributed by atoms with Crippen molar-refractivity contribution in [3.8, 4) is 22.6 Å². The number of rotatable bonds is 8. The highest BCUT2D eigenvalue weighted by molar-refractivity contribution is 5.80. The highest BCUT2D eigenvalue weighted by atomic mass is 19.1. The number of hydrogen-bond acceptors (Lipinski definition) is 6. The van der Waals surface area contributed by atoms with Crippen LogP contribution in [0.1, 0.15) is 31.6 Å². The number of aryl methyl sites for hydroxylation is 1. The third-order valence-corrected chi connectivity index (χ3v) is 6.72. The molecular formula is C29H28FN7. The second kappa shape index (κ2) is 9.97. The number of hydrogen-bond donors (Lipinski definition) is 2. The summed E-state index contributed by atoms with van der Waals surface area (Å²) < 4.78 is 16.0. The lowest BCUT2D eigenvalue weighted by atomic mass is 10.1. The maximum atomic E-state index is 13.7. The Hall–Kier alpha value is -4.33. The Morgan fingerprint density at radius 3 is 2.68 bits per heavy atom. The summed E-state index contributed by atoms with van der Waals surface area (Å²) in [5.74, 6) is 2.18. The summed E-state index contributed by atoms with van der Waals surface area (Å²) in [4.78, 5) is 19.0. The summed E-state index contributed by atoms with van der Waals surface area (Å²) in [6.07, 6.45) is 4.58. The van der Waals surface area contributed by atoms with Gasteiger partial charge < -0.3 is 15.2 Å². The molecule has 1 unspecified atom stereocenters. The number of halogens is 1. The SMILES string of the molecule is CCCNc1nccc(-c2c(-c3ccc(F)cc3)nc3n2C(CNc2ccc4ccccc4n2)CC3)n1. The molecule has 1 aliphatic heterocycles. The van der Waals surface area contributed by atoms with Gasteiger partial charge in [0.05, 0.1) is 28.6 Å².